The minimum Gasteiger partial charge on any atom is -0.355 e. The number of benzene rings is 1. The molecule has 0 fully saturated rings. The largest absolute Gasteiger partial charge is 0.355 e. The molecule has 116 valence electrons. The number of hydrogen-bond donors (Lipinski definition) is 1. The van der Waals surface area contributed by atoms with Gasteiger partial charge in [0, 0.05) is 17.4 Å². The van der Waals surface area contributed by atoms with Crippen molar-refractivity contribution in [2.45, 2.75) is 4.34 Å². The van der Waals surface area contributed by atoms with Crippen LogP contribution in [0.2, 0.25) is 0 Å². The number of anilines is 1. The molecule has 3 aromatic rings. The van der Waals surface area contributed by atoms with Gasteiger partial charge < -0.3 is 4.52 Å². The van der Waals surface area contributed by atoms with Crippen molar-refractivity contribution < 1.29 is 9.32 Å². The molecule has 3 rings (SSSR count). The third-order valence-corrected chi connectivity index (χ3v) is 4.72. The third-order valence-electron chi connectivity index (χ3n) is 2.75. The molecule has 0 atom stereocenters. The van der Waals surface area contributed by atoms with Gasteiger partial charge in [-0.3, -0.25) is 10.1 Å². The Balaban J connectivity index is 1.68. The monoisotopic (exact) mass is 344 g/mol. The van der Waals surface area contributed by atoms with Crippen molar-refractivity contribution in [3.63, 3.8) is 0 Å². The average molecular weight is 344 g/mol. The van der Waals surface area contributed by atoms with Crippen LogP contribution in [0.5, 0.6) is 0 Å². The normalized spacial score (nSPS) is 10.4. The maximum atomic E-state index is 12.2. The first kappa shape index (κ1) is 15.4. The fourth-order valence-electron chi connectivity index (χ4n) is 1.73. The maximum Gasteiger partial charge on any atom is 0.279 e. The number of carbonyl (C=O) groups is 1. The number of amides is 1. The minimum atomic E-state index is -0.382. The topological polar surface area (TPSA) is 80.9 Å². The van der Waals surface area contributed by atoms with E-state index in [0.717, 1.165) is 15.7 Å². The predicted molar refractivity (Wildman–Crippen MR) is 90.7 cm³/mol. The van der Waals surface area contributed by atoms with Crippen LogP contribution in [0.4, 0.5) is 5.13 Å². The van der Waals surface area contributed by atoms with Gasteiger partial charge in [-0.05, 0) is 0 Å². The van der Waals surface area contributed by atoms with Crippen LogP contribution in [0.1, 0.15) is 10.5 Å². The van der Waals surface area contributed by atoms with Crippen LogP contribution in [-0.2, 0) is 0 Å². The lowest BCUT2D eigenvalue weighted by atomic mass is 10.1. The van der Waals surface area contributed by atoms with Crippen molar-refractivity contribution in [1.29, 1.82) is 0 Å². The molecule has 0 spiro atoms. The highest BCUT2D eigenvalue weighted by molar-refractivity contribution is 8.01. The molecule has 0 saturated carbocycles. The Labute approximate surface area is 140 Å². The highest BCUT2D eigenvalue weighted by Crippen LogP contribution is 2.26. The third kappa shape index (κ3) is 3.85. The second-order valence-corrected chi connectivity index (χ2v) is 6.61. The van der Waals surface area contributed by atoms with Crippen LogP contribution in [0.25, 0.3) is 11.3 Å². The smallest absolute Gasteiger partial charge is 0.279 e. The second-order valence-electron chi connectivity index (χ2n) is 4.37. The van der Waals surface area contributed by atoms with Crippen LogP contribution in [0.15, 0.2) is 57.9 Å². The van der Waals surface area contributed by atoms with Gasteiger partial charge in [-0.1, -0.05) is 64.7 Å². The fourth-order valence-corrected chi connectivity index (χ4v) is 3.24. The highest BCUT2D eigenvalue weighted by Gasteiger charge is 2.15. The Kier molecular flexibility index (Phi) is 4.84. The van der Waals surface area contributed by atoms with E-state index in [1.54, 1.807) is 12.1 Å². The predicted octanol–water partition coefficient (Wildman–Crippen LogP) is 3.72. The zero-order chi connectivity index (χ0) is 16.1. The summed E-state index contributed by atoms with van der Waals surface area (Å²) >= 11 is 2.81. The lowest BCUT2D eigenvalue weighted by Gasteiger charge is -1.95. The Morgan fingerprint density at radius 1 is 1.35 bits per heavy atom. The van der Waals surface area contributed by atoms with Gasteiger partial charge in [0.25, 0.3) is 5.91 Å². The summed E-state index contributed by atoms with van der Waals surface area (Å²) in [6, 6.07) is 11.1. The van der Waals surface area contributed by atoms with Gasteiger partial charge in [-0.15, -0.1) is 16.8 Å². The molecule has 0 aliphatic heterocycles. The molecule has 0 saturated heterocycles. The van der Waals surface area contributed by atoms with Gasteiger partial charge in [-0.2, -0.15) is 0 Å². The molecule has 1 N–H and O–H groups in total. The van der Waals surface area contributed by atoms with Crippen molar-refractivity contribution in [1.82, 2.24) is 15.4 Å². The van der Waals surface area contributed by atoms with Gasteiger partial charge >= 0.3 is 0 Å². The number of thioether (sulfide) groups is 1. The molecule has 0 radical (unpaired) electrons. The Morgan fingerprint density at radius 2 is 2.17 bits per heavy atom. The van der Waals surface area contributed by atoms with Gasteiger partial charge in [0.15, 0.2) is 15.8 Å². The van der Waals surface area contributed by atoms with E-state index in [4.69, 9.17) is 4.52 Å². The first-order chi connectivity index (χ1) is 11.3. The Morgan fingerprint density at radius 3 is 2.96 bits per heavy atom. The standard InChI is InChI=1S/C15H12N4O2S2/c1-2-8-22-15-18-17-14(23-15)16-13(20)11-9-12(21-19-11)10-6-4-3-5-7-10/h2-7,9H,1,8H2,(H,16,17,20). The summed E-state index contributed by atoms with van der Waals surface area (Å²) in [5.74, 6) is 0.898. The molecule has 0 bridgehead atoms. The van der Waals surface area contributed by atoms with Crippen LogP contribution >= 0.6 is 23.1 Å². The van der Waals surface area contributed by atoms with Gasteiger partial charge in [0.05, 0.1) is 0 Å². The molecular weight excluding hydrogens is 332 g/mol. The Hall–Kier alpha value is -2.45. The molecule has 0 aliphatic rings. The van der Waals surface area contributed by atoms with Crippen LogP contribution in [0, 0.1) is 0 Å². The SMILES string of the molecule is C=CCSc1nnc(NC(=O)c2cc(-c3ccccc3)on2)s1. The van der Waals surface area contributed by atoms with Crippen LogP contribution in [-0.4, -0.2) is 27.0 Å². The maximum absolute atomic E-state index is 12.2. The van der Waals surface area contributed by atoms with Crippen molar-refractivity contribution in [2.24, 2.45) is 0 Å². The van der Waals surface area contributed by atoms with Gasteiger partial charge in [0.2, 0.25) is 5.13 Å². The summed E-state index contributed by atoms with van der Waals surface area (Å²) in [5.41, 5.74) is 1.05. The molecule has 1 amide bonds. The van der Waals surface area contributed by atoms with E-state index in [1.807, 2.05) is 30.3 Å². The molecule has 2 heterocycles. The number of hydrogen-bond acceptors (Lipinski definition) is 7. The summed E-state index contributed by atoms with van der Waals surface area (Å²) in [5, 5.41) is 14.8. The molecule has 23 heavy (non-hydrogen) atoms. The van der Waals surface area contributed by atoms with E-state index in [0.29, 0.717) is 10.9 Å². The molecule has 8 heteroatoms. The minimum absolute atomic E-state index is 0.194. The van der Waals surface area contributed by atoms with E-state index >= 15 is 0 Å². The first-order valence-electron chi connectivity index (χ1n) is 6.67. The zero-order valence-corrected chi connectivity index (χ0v) is 13.6. The number of aromatic nitrogens is 3. The molecule has 0 aliphatic carbocycles. The highest BCUT2D eigenvalue weighted by atomic mass is 32.2. The number of rotatable bonds is 6. The summed E-state index contributed by atoms with van der Waals surface area (Å²) < 4.78 is 5.98. The summed E-state index contributed by atoms with van der Waals surface area (Å²) in [6.07, 6.45) is 1.78. The second kappa shape index (κ2) is 7.21. The lowest BCUT2D eigenvalue weighted by Crippen LogP contribution is -2.11. The van der Waals surface area contributed by atoms with Gasteiger partial charge in [-0.25, -0.2) is 0 Å². The summed E-state index contributed by atoms with van der Waals surface area (Å²) in [6.45, 7) is 3.65. The molecule has 2 aromatic heterocycles. The van der Waals surface area contributed by atoms with Gasteiger partial charge in [0.1, 0.15) is 0 Å². The quantitative estimate of drug-likeness (QED) is 0.417. The molecular formula is C15H12N4O2S2. The molecule has 1 aromatic carbocycles. The number of nitrogens with one attached hydrogen (secondary N) is 1. The Bertz CT molecular complexity index is 814. The van der Waals surface area contributed by atoms with Crippen LogP contribution in [0.3, 0.4) is 0 Å². The van der Waals surface area contributed by atoms with E-state index in [2.05, 4.69) is 27.2 Å². The molecule has 0 unspecified atom stereocenters. The summed E-state index contributed by atoms with van der Waals surface area (Å²) in [7, 11) is 0. The van der Waals surface area contributed by atoms with Crippen molar-refractivity contribution in [3.05, 3.63) is 54.7 Å². The number of nitrogens with zero attached hydrogens (tertiary/aromatic N) is 3. The van der Waals surface area contributed by atoms with Crippen LogP contribution < -0.4 is 5.32 Å². The lowest BCUT2D eigenvalue weighted by molar-refractivity contribution is 0.101. The first-order valence-corrected chi connectivity index (χ1v) is 8.47. The van der Waals surface area contributed by atoms with E-state index in [9.17, 15) is 4.79 Å². The fraction of sp³-hybridized carbons (Fsp3) is 0.0667. The van der Waals surface area contributed by atoms with Crippen molar-refractivity contribution >= 4 is 34.1 Å². The average Bonchev–Trinajstić information content (AvgIpc) is 3.23. The van der Waals surface area contributed by atoms with Crippen molar-refractivity contribution in [2.75, 3.05) is 11.1 Å². The van der Waals surface area contributed by atoms with E-state index in [-0.39, 0.29) is 11.6 Å². The van der Waals surface area contributed by atoms with Crippen molar-refractivity contribution in [3.8, 4) is 11.3 Å². The summed E-state index contributed by atoms with van der Waals surface area (Å²) in [4.78, 5) is 12.2. The molecule has 6 nitrogen and oxygen atoms in total. The van der Waals surface area contributed by atoms with E-state index < -0.39 is 0 Å². The zero-order valence-electron chi connectivity index (χ0n) is 11.9. The van der Waals surface area contributed by atoms with E-state index in [1.165, 1.54) is 23.1 Å². The number of carbonyl (C=O) groups excluding carboxylic acids is 1.